The third kappa shape index (κ3) is 8.16. The van der Waals surface area contributed by atoms with E-state index < -0.39 is 7.12 Å². The largest absolute Gasteiger partial charge is 0.499 e. The first-order valence-electron chi connectivity index (χ1n) is 12.2. The minimum absolute atomic E-state index is 0.472. The second-order valence-corrected chi connectivity index (χ2v) is 13.4. The number of aromatic nitrogens is 2. The topological polar surface area (TPSA) is 145 Å². The molecule has 0 amide bonds. The van der Waals surface area contributed by atoms with Crippen molar-refractivity contribution >= 4 is 91.7 Å². The van der Waals surface area contributed by atoms with Crippen LogP contribution in [0.1, 0.15) is 11.5 Å². The van der Waals surface area contributed by atoms with E-state index in [2.05, 4.69) is 32.9 Å². The maximum Gasteiger partial charge on any atom is 0.499 e. The van der Waals surface area contributed by atoms with E-state index in [9.17, 15) is 0 Å². The molecular weight excluding hydrogens is 729 g/mol. The van der Waals surface area contributed by atoms with Gasteiger partial charge in [0.05, 0.1) is 21.1 Å². The van der Waals surface area contributed by atoms with Gasteiger partial charge in [-0.3, -0.25) is 0 Å². The van der Waals surface area contributed by atoms with Gasteiger partial charge in [-0.15, -0.1) is 22.7 Å². The van der Waals surface area contributed by atoms with Crippen molar-refractivity contribution in [3.05, 3.63) is 96.8 Å². The zero-order chi connectivity index (χ0) is 30.4. The highest BCUT2D eigenvalue weighted by atomic mass is 127. The summed E-state index contributed by atoms with van der Waals surface area (Å²) in [5.74, 6) is 1.59. The van der Waals surface area contributed by atoms with E-state index in [4.69, 9.17) is 53.8 Å². The number of aryl methyl sites for hydroxylation is 2. The smallest absolute Gasteiger partial charge is 0.423 e. The first-order chi connectivity index (χ1) is 20.0. The molecule has 6 N–H and O–H groups in total. The fourth-order valence-corrected chi connectivity index (χ4v) is 6.10. The Balaban J connectivity index is 0.000000155. The predicted octanol–water partition coefficient (Wildman–Crippen LogP) is 7.53. The number of anilines is 2. The highest BCUT2D eigenvalue weighted by Crippen LogP contribution is 2.36. The molecule has 0 aliphatic carbocycles. The average Bonchev–Trinajstić information content (AvgIpc) is 3.76. The summed E-state index contributed by atoms with van der Waals surface area (Å²) >= 11 is 16.3. The number of thiophene rings is 2. The van der Waals surface area contributed by atoms with Gasteiger partial charge in [-0.05, 0) is 84.0 Å². The molecule has 6 aromatic rings. The monoisotopic (exact) mass is 752 g/mol. The van der Waals surface area contributed by atoms with Crippen molar-refractivity contribution in [1.82, 2.24) is 10.3 Å². The van der Waals surface area contributed by atoms with Crippen molar-refractivity contribution in [3.63, 3.8) is 0 Å². The molecule has 14 heteroatoms. The lowest BCUT2D eigenvalue weighted by molar-refractivity contribution is 0.397. The summed E-state index contributed by atoms with van der Waals surface area (Å²) in [5.41, 5.74) is 18.4. The second-order valence-electron chi connectivity index (χ2n) is 8.75. The summed E-state index contributed by atoms with van der Waals surface area (Å²) < 4.78 is 12.9. The minimum Gasteiger partial charge on any atom is -0.423 e. The Hall–Kier alpha value is -2.85. The molecule has 0 aliphatic rings. The lowest BCUT2D eigenvalue weighted by Crippen LogP contribution is -2.26. The van der Waals surface area contributed by atoms with Gasteiger partial charge in [0.15, 0.2) is 0 Å². The van der Waals surface area contributed by atoms with Crippen LogP contribution in [0.3, 0.4) is 0 Å². The van der Waals surface area contributed by atoms with Crippen molar-refractivity contribution in [2.75, 3.05) is 11.5 Å². The van der Waals surface area contributed by atoms with Crippen LogP contribution in [-0.2, 0) is 0 Å². The molecule has 0 bridgehead atoms. The lowest BCUT2D eigenvalue weighted by Gasteiger charge is -2.06. The number of hydrogen-bond acceptors (Lipinski definition) is 10. The van der Waals surface area contributed by atoms with Crippen LogP contribution in [0, 0.1) is 17.4 Å². The van der Waals surface area contributed by atoms with E-state index in [1.165, 1.54) is 11.3 Å². The lowest BCUT2D eigenvalue weighted by atomic mass is 9.90. The summed E-state index contributed by atoms with van der Waals surface area (Å²) in [6.07, 6.45) is 3.41. The van der Waals surface area contributed by atoms with Gasteiger partial charge in [0.25, 0.3) is 0 Å². The molecule has 0 saturated carbocycles. The van der Waals surface area contributed by atoms with Crippen LogP contribution < -0.4 is 16.2 Å². The van der Waals surface area contributed by atoms with Gasteiger partial charge in [0, 0.05) is 41.3 Å². The number of nitrogens with two attached hydrogens (primary N) is 2. The maximum atomic E-state index is 8.54. The molecule has 0 radical (unpaired) electrons. The third-order valence-electron chi connectivity index (χ3n) is 5.86. The van der Waals surface area contributed by atoms with Gasteiger partial charge in [-0.1, -0.05) is 57.8 Å². The van der Waals surface area contributed by atoms with Crippen molar-refractivity contribution in [1.29, 1.82) is 0 Å². The van der Waals surface area contributed by atoms with Crippen LogP contribution >= 0.6 is 68.5 Å². The van der Waals surface area contributed by atoms with Crippen LogP contribution in [0.4, 0.5) is 11.4 Å². The Morgan fingerprint density at radius 1 is 0.738 bits per heavy atom. The summed E-state index contributed by atoms with van der Waals surface area (Å²) in [7, 11) is -1.39. The Morgan fingerprint density at radius 2 is 1.29 bits per heavy atom. The highest BCUT2D eigenvalue weighted by molar-refractivity contribution is 14.1. The molecule has 0 saturated heterocycles. The molecule has 4 heterocycles. The fraction of sp³-hybridized carbons (Fsp3) is 0.0714. The molecular formula is C28H24BCl2IN4O4S2. The van der Waals surface area contributed by atoms with Crippen molar-refractivity contribution in [2.24, 2.45) is 0 Å². The molecule has 2 aromatic carbocycles. The van der Waals surface area contributed by atoms with E-state index in [1.54, 1.807) is 24.5 Å². The van der Waals surface area contributed by atoms with Crippen LogP contribution in [-0.4, -0.2) is 27.5 Å². The number of hydrogen-bond donors (Lipinski definition) is 4. The Labute approximate surface area is 274 Å². The average molecular weight is 753 g/mol. The molecule has 0 aliphatic heterocycles. The Morgan fingerprint density at radius 3 is 1.69 bits per heavy atom. The van der Waals surface area contributed by atoms with Crippen LogP contribution in [0.2, 0.25) is 8.67 Å². The molecule has 4 aromatic heterocycles. The molecule has 0 spiro atoms. The first kappa shape index (κ1) is 32.1. The number of rotatable bonds is 4. The van der Waals surface area contributed by atoms with Crippen LogP contribution in [0.25, 0.3) is 32.7 Å². The third-order valence-corrected chi connectivity index (χ3v) is 9.38. The number of halogens is 3. The van der Waals surface area contributed by atoms with Crippen molar-refractivity contribution < 1.29 is 19.1 Å². The number of nitrogens with zero attached hydrogens (tertiary/aromatic N) is 2. The molecule has 216 valence electrons. The molecule has 42 heavy (non-hydrogen) atoms. The minimum atomic E-state index is -1.39. The van der Waals surface area contributed by atoms with Gasteiger partial charge in [0.1, 0.15) is 11.5 Å². The number of nitrogen functional groups attached to an aromatic ring is 2. The molecule has 0 fully saturated rings. The zero-order valence-corrected chi connectivity index (χ0v) is 27.5. The highest BCUT2D eigenvalue weighted by Gasteiger charge is 2.13. The predicted molar refractivity (Wildman–Crippen MR) is 182 cm³/mol. The molecule has 0 unspecified atom stereocenters. The van der Waals surface area contributed by atoms with E-state index in [-0.39, 0.29) is 0 Å². The summed E-state index contributed by atoms with van der Waals surface area (Å²) in [5, 5.41) is 24.6. The second kappa shape index (κ2) is 14.6. The van der Waals surface area contributed by atoms with Gasteiger partial charge in [-0.2, -0.15) is 0 Å². The maximum absolute atomic E-state index is 8.54. The van der Waals surface area contributed by atoms with Gasteiger partial charge >= 0.3 is 7.12 Å². The molecule has 0 atom stereocenters. The first-order valence-corrected chi connectivity index (χ1v) is 15.6. The van der Waals surface area contributed by atoms with Gasteiger partial charge in [-0.25, -0.2) is 0 Å². The standard InChI is InChI=1S/C14H11ClN2OS.C10H9IN2O.C4H4BClO2S/c1-8-11(7-17-18-8)9-2-3-10(12(16)6-9)13-4-5-14(15)19-13;1-6-8(5-13-14-6)7-2-3-9(11)10(12)4-7;6-4-2-1-3(9-4)5(7)8/h2-7H,16H2,1H3;2-5H,12H2,1H3;1-2,7-8H. The van der Waals surface area contributed by atoms with E-state index in [0.29, 0.717) is 9.11 Å². The van der Waals surface area contributed by atoms with Crippen LogP contribution in [0.5, 0.6) is 0 Å². The van der Waals surface area contributed by atoms with E-state index in [1.807, 2.05) is 62.4 Å². The molecule has 8 nitrogen and oxygen atoms in total. The Bertz CT molecular complexity index is 1790. The number of benzene rings is 2. The van der Waals surface area contributed by atoms with Crippen molar-refractivity contribution in [2.45, 2.75) is 13.8 Å². The summed E-state index contributed by atoms with van der Waals surface area (Å²) in [6.45, 7) is 3.77. The fourth-order valence-electron chi connectivity index (χ4n) is 3.74. The van der Waals surface area contributed by atoms with Gasteiger partial charge in [0.2, 0.25) is 0 Å². The van der Waals surface area contributed by atoms with Gasteiger partial charge < -0.3 is 30.6 Å². The Kier molecular flexibility index (Phi) is 11.1. The zero-order valence-electron chi connectivity index (χ0n) is 22.2. The normalized spacial score (nSPS) is 10.5. The van der Waals surface area contributed by atoms with Crippen molar-refractivity contribution in [3.8, 4) is 32.7 Å². The van der Waals surface area contributed by atoms with Crippen LogP contribution in [0.15, 0.2) is 82.1 Å². The quantitative estimate of drug-likeness (QED) is 0.0822. The van der Waals surface area contributed by atoms with E-state index >= 15 is 0 Å². The molecule has 6 rings (SSSR count). The van der Waals surface area contributed by atoms with E-state index in [0.717, 1.165) is 74.8 Å². The summed E-state index contributed by atoms with van der Waals surface area (Å²) in [4.78, 5) is 1.07. The SMILES string of the molecule is Cc1oncc1-c1ccc(-c2ccc(Cl)s2)c(N)c1.Cc1oncc1-c1ccc(I)c(N)c1.OB(O)c1ccc(Cl)s1. The summed E-state index contributed by atoms with van der Waals surface area (Å²) in [6, 6.07) is 18.9.